The summed E-state index contributed by atoms with van der Waals surface area (Å²) in [6.07, 6.45) is 0.900. The first-order valence-corrected chi connectivity index (χ1v) is 7.68. The van der Waals surface area contributed by atoms with Crippen molar-refractivity contribution in [3.05, 3.63) is 29.8 Å². The molecule has 0 aliphatic heterocycles. The molecule has 1 rings (SSSR count). The lowest BCUT2D eigenvalue weighted by Gasteiger charge is -2.23. The van der Waals surface area contributed by atoms with Crippen LogP contribution in [0.1, 0.15) is 32.8 Å². The molecular weight excluding hydrogens is 280 g/mol. The van der Waals surface area contributed by atoms with Gasteiger partial charge in [-0.2, -0.15) is 8.42 Å². The number of hydroxylamine groups is 1. The normalized spacial score (nSPS) is 12.2. The molecule has 6 nitrogen and oxygen atoms in total. The third-order valence-electron chi connectivity index (χ3n) is 3.43. The molecule has 20 heavy (non-hydrogen) atoms. The molecule has 0 aromatic heterocycles. The highest BCUT2D eigenvalue weighted by Crippen LogP contribution is 2.27. The van der Waals surface area contributed by atoms with Crippen molar-refractivity contribution in [2.75, 3.05) is 6.54 Å². The number of carbonyl (C=O) groups excluding carboxylic acids is 1. The quantitative estimate of drug-likeness (QED) is 0.629. The maximum Gasteiger partial charge on any atom is 0.289 e. The summed E-state index contributed by atoms with van der Waals surface area (Å²) in [7, 11) is -4.26. The van der Waals surface area contributed by atoms with E-state index in [2.05, 4.69) is 0 Å². The van der Waals surface area contributed by atoms with E-state index in [0.29, 0.717) is 0 Å². The van der Waals surface area contributed by atoms with Crippen LogP contribution in [0.5, 0.6) is 0 Å². The fraction of sp³-hybridized carbons (Fsp3) is 0.462. The van der Waals surface area contributed by atoms with E-state index < -0.39 is 22.5 Å². The Morgan fingerprint density at radius 1 is 1.30 bits per heavy atom. The minimum absolute atomic E-state index is 0.0751. The Labute approximate surface area is 119 Å². The molecule has 0 saturated heterocycles. The van der Waals surface area contributed by atoms with Crippen LogP contribution in [0.15, 0.2) is 29.2 Å². The van der Waals surface area contributed by atoms with Crippen LogP contribution in [0.4, 0.5) is 0 Å². The molecule has 1 aromatic carbocycles. The van der Waals surface area contributed by atoms with Crippen LogP contribution in [0.25, 0.3) is 0 Å². The highest BCUT2D eigenvalue weighted by atomic mass is 32.2. The Balaban J connectivity index is 3.14. The van der Waals surface area contributed by atoms with Crippen molar-refractivity contribution in [3.63, 3.8) is 0 Å². The summed E-state index contributed by atoms with van der Waals surface area (Å²) in [5.41, 5.74) is 5.94. The summed E-state index contributed by atoms with van der Waals surface area (Å²) in [5.74, 6) is -1.08. The third kappa shape index (κ3) is 3.17. The van der Waals surface area contributed by atoms with Crippen molar-refractivity contribution in [1.82, 2.24) is 4.47 Å². The van der Waals surface area contributed by atoms with Gasteiger partial charge in [-0.3, -0.25) is 10.0 Å². The molecule has 1 amide bonds. The molecule has 3 N–H and O–H groups in total. The van der Waals surface area contributed by atoms with Crippen LogP contribution >= 0.6 is 0 Å². The first-order valence-electron chi connectivity index (χ1n) is 6.24. The molecule has 0 heterocycles. The Hall–Kier alpha value is -1.44. The van der Waals surface area contributed by atoms with Crippen molar-refractivity contribution >= 4 is 15.9 Å². The smallest absolute Gasteiger partial charge is 0.289 e. The van der Waals surface area contributed by atoms with Crippen molar-refractivity contribution in [3.8, 4) is 0 Å². The fourth-order valence-corrected chi connectivity index (χ4v) is 2.62. The molecule has 1 aromatic rings. The van der Waals surface area contributed by atoms with Crippen molar-refractivity contribution in [2.24, 2.45) is 5.73 Å². The van der Waals surface area contributed by atoms with Crippen molar-refractivity contribution < 1.29 is 18.4 Å². The molecule has 0 spiro atoms. The number of nitrogens with two attached hydrogens (primary N) is 1. The Morgan fingerprint density at radius 2 is 1.80 bits per heavy atom. The Morgan fingerprint density at radius 3 is 2.20 bits per heavy atom. The van der Waals surface area contributed by atoms with Crippen LogP contribution in [0.2, 0.25) is 0 Å². The van der Waals surface area contributed by atoms with Gasteiger partial charge >= 0.3 is 0 Å². The molecule has 0 unspecified atom stereocenters. The van der Waals surface area contributed by atoms with Gasteiger partial charge in [0.25, 0.3) is 15.9 Å². The minimum atomic E-state index is -4.26. The highest BCUT2D eigenvalue weighted by molar-refractivity contribution is 7.89. The Bertz CT molecular complexity index is 579. The van der Waals surface area contributed by atoms with Gasteiger partial charge < -0.3 is 5.73 Å². The Kier molecular flexibility index (Phi) is 4.90. The third-order valence-corrected chi connectivity index (χ3v) is 4.96. The maximum atomic E-state index is 12.0. The number of rotatable bonds is 5. The molecule has 0 aliphatic carbocycles. The number of hydrogen-bond acceptors (Lipinski definition) is 5. The lowest BCUT2D eigenvalue weighted by Crippen LogP contribution is -2.38. The zero-order chi connectivity index (χ0) is 15.6. The van der Waals surface area contributed by atoms with Gasteiger partial charge in [0.2, 0.25) is 0 Å². The van der Waals surface area contributed by atoms with Gasteiger partial charge in [0.05, 0.1) is 11.4 Å². The number of nitrogens with zero attached hydrogens (tertiary/aromatic N) is 1. The van der Waals surface area contributed by atoms with Crippen LogP contribution < -0.4 is 5.73 Å². The maximum absolute atomic E-state index is 12.0. The van der Waals surface area contributed by atoms with Crippen LogP contribution in [-0.4, -0.2) is 30.5 Å². The number of carbonyl (C=O) groups is 1. The summed E-state index contributed by atoms with van der Waals surface area (Å²) >= 11 is 0. The summed E-state index contributed by atoms with van der Waals surface area (Å²) in [4.78, 5) is 11.0. The summed E-state index contributed by atoms with van der Waals surface area (Å²) in [5, 5.41) is 9.39. The lowest BCUT2D eigenvalue weighted by atomic mass is 9.82. The van der Waals surface area contributed by atoms with E-state index in [1.54, 1.807) is 12.1 Å². The topological polar surface area (TPSA) is 101 Å². The second-order valence-corrected chi connectivity index (χ2v) is 6.88. The minimum Gasteiger partial charge on any atom is -0.322 e. The van der Waals surface area contributed by atoms with Gasteiger partial charge in [-0.15, -0.1) is 4.47 Å². The monoisotopic (exact) mass is 300 g/mol. The average molecular weight is 300 g/mol. The standard InChI is InChI=1S/C13H20N2O4S/c1-4-13(2,3)10-5-7-11(8-6-10)20(18,19)15(17)12(16)9-14/h5-8,17H,4,9,14H2,1-3H3. The zero-order valence-corrected chi connectivity index (χ0v) is 12.6. The lowest BCUT2D eigenvalue weighted by molar-refractivity contribution is -0.144. The molecule has 0 aliphatic rings. The predicted molar refractivity (Wildman–Crippen MR) is 74.6 cm³/mol. The van der Waals surface area contributed by atoms with E-state index in [0.717, 1.165) is 12.0 Å². The van der Waals surface area contributed by atoms with E-state index in [1.807, 2.05) is 20.8 Å². The predicted octanol–water partition coefficient (Wildman–Crippen LogP) is 1.24. The van der Waals surface area contributed by atoms with Crippen molar-refractivity contribution in [2.45, 2.75) is 37.5 Å². The number of amides is 1. The SMILES string of the molecule is CCC(C)(C)c1ccc(S(=O)(=O)N(O)C(=O)CN)cc1. The van der Waals surface area contributed by atoms with Gasteiger partial charge in [0, 0.05) is 0 Å². The van der Waals surface area contributed by atoms with E-state index in [4.69, 9.17) is 5.73 Å². The molecule has 0 fully saturated rings. The van der Waals surface area contributed by atoms with E-state index >= 15 is 0 Å². The fourth-order valence-electron chi connectivity index (χ4n) is 1.59. The van der Waals surface area contributed by atoms with Gasteiger partial charge in [0.1, 0.15) is 0 Å². The first kappa shape index (κ1) is 16.6. The average Bonchev–Trinajstić information content (AvgIpc) is 2.45. The first-order chi connectivity index (χ1) is 9.16. The van der Waals surface area contributed by atoms with E-state index in [9.17, 15) is 18.4 Å². The van der Waals surface area contributed by atoms with Gasteiger partial charge in [-0.25, -0.2) is 0 Å². The molecular formula is C13H20N2O4S. The molecule has 0 radical (unpaired) electrons. The van der Waals surface area contributed by atoms with Gasteiger partial charge in [-0.05, 0) is 29.5 Å². The van der Waals surface area contributed by atoms with E-state index in [-0.39, 0.29) is 14.8 Å². The molecule has 7 heteroatoms. The zero-order valence-electron chi connectivity index (χ0n) is 11.8. The van der Waals surface area contributed by atoms with Crippen LogP contribution in [0.3, 0.4) is 0 Å². The molecule has 0 bridgehead atoms. The van der Waals surface area contributed by atoms with Gasteiger partial charge in [-0.1, -0.05) is 32.9 Å². The highest BCUT2D eigenvalue weighted by Gasteiger charge is 2.27. The largest absolute Gasteiger partial charge is 0.322 e. The van der Waals surface area contributed by atoms with Crippen molar-refractivity contribution in [1.29, 1.82) is 0 Å². The second-order valence-electron chi connectivity index (χ2n) is 5.11. The molecule has 0 atom stereocenters. The summed E-state index contributed by atoms with van der Waals surface area (Å²) < 4.78 is 23.6. The molecule has 112 valence electrons. The number of benzene rings is 1. The summed E-state index contributed by atoms with van der Waals surface area (Å²) in [6.45, 7) is 5.55. The second kappa shape index (κ2) is 5.90. The molecule has 0 saturated carbocycles. The van der Waals surface area contributed by atoms with Crippen LogP contribution in [0, 0.1) is 0 Å². The number of hydrogen-bond donors (Lipinski definition) is 2. The van der Waals surface area contributed by atoms with Crippen LogP contribution in [-0.2, 0) is 20.2 Å². The van der Waals surface area contributed by atoms with E-state index in [1.165, 1.54) is 12.1 Å². The number of sulfonamides is 1. The summed E-state index contributed by atoms with van der Waals surface area (Å²) in [6, 6.07) is 6.10. The van der Waals surface area contributed by atoms with Gasteiger partial charge in [0.15, 0.2) is 0 Å².